The fourth-order valence-electron chi connectivity index (χ4n) is 5.24. The van der Waals surface area contributed by atoms with E-state index in [-0.39, 0.29) is 31.4 Å². The van der Waals surface area contributed by atoms with Crippen LogP contribution < -0.4 is 4.72 Å². The maximum Gasteiger partial charge on any atom is 0.257 e. The van der Waals surface area contributed by atoms with E-state index in [1.807, 2.05) is 6.07 Å². The molecule has 10 heteroatoms. The number of carbonyl (C=O) groups excluding carboxylic acids is 1. The summed E-state index contributed by atoms with van der Waals surface area (Å²) in [6.45, 7) is -0.205. The van der Waals surface area contributed by atoms with Crippen LogP contribution in [0.4, 0.5) is 13.2 Å². The highest BCUT2D eigenvalue weighted by Gasteiger charge is 2.65. The molecule has 3 fully saturated rings. The van der Waals surface area contributed by atoms with Crippen molar-refractivity contribution in [1.82, 2.24) is 9.62 Å². The summed E-state index contributed by atoms with van der Waals surface area (Å²) < 4.78 is 72.1. The highest BCUT2D eigenvalue weighted by molar-refractivity contribution is 7.91. The van der Waals surface area contributed by atoms with Gasteiger partial charge in [0.05, 0.1) is 6.04 Å². The van der Waals surface area contributed by atoms with Crippen LogP contribution in [0.25, 0.3) is 11.1 Å². The lowest BCUT2D eigenvalue weighted by Gasteiger charge is -2.33. The number of sulfonamides is 1. The average Bonchev–Trinajstić information content (AvgIpc) is 3.77. The van der Waals surface area contributed by atoms with Gasteiger partial charge in [0.25, 0.3) is 5.91 Å². The summed E-state index contributed by atoms with van der Waals surface area (Å²) in [6, 6.07) is 11.9. The number of aliphatic hydroxyl groups is 1. The number of amides is 1. The minimum atomic E-state index is -4.36. The van der Waals surface area contributed by atoms with E-state index in [4.69, 9.17) is 0 Å². The number of rotatable bonds is 8. The zero-order valence-corrected chi connectivity index (χ0v) is 20.7. The van der Waals surface area contributed by atoms with E-state index < -0.39 is 56.5 Å². The predicted octanol–water partition coefficient (Wildman–Crippen LogP) is 3.49. The standard InChI is InChI=1S/C26H29F3N2O4S/c1-24(33,15-27)23(32)31-16-25(10-11-25)22(30-36(34,35)26(29)12-13-26)20(31)14-18-8-5-9-19(21(18)28)17-6-3-2-4-7-17/h2-9,20,22,30,33H,10-16H2,1H3/t20-,22+,24-/m0/s1. The zero-order valence-electron chi connectivity index (χ0n) is 19.9. The molecule has 2 aromatic rings. The summed E-state index contributed by atoms with van der Waals surface area (Å²) in [4.78, 5) is 14.5. The molecule has 3 aliphatic rings. The van der Waals surface area contributed by atoms with E-state index >= 15 is 4.39 Å². The Kier molecular flexibility index (Phi) is 6.00. The first kappa shape index (κ1) is 25.2. The molecule has 2 N–H and O–H groups in total. The number of hydrogen-bond donors (Lipinski definition) is 2. The Morgan fingerprint density at radius 2 is 1.81 bits per heavy atom. The molecule has 1 amide bonds. The maximum atomic E-state index is 15.7. The number of nitrogens with one attached hydrogen (secondary N) is 1. The van der Waals surface area contributed by atoms with Gasteiger partial charge in [0, 0.05) is 36.4 Å². The molecule has 2 saturated carbocycles. The molecule has 194 valence electrons. The largest absolute Gasteiger partial charge is 0.378 e. The Balaban J connectivity index is 1.54. The molecule has 6 nitrogen and oxygen atoms in total. The van der Waals surface area contributed by atoms with E-state index in [1.165, 1.54) is 4.90 Å². The SMILES string of the molecule is C[C@](O)(CF)C(=O)N1CC2(CC2)[C@H](NS(=O)(=O)C2(F)CC2)[C@@H]1Cc1cccc(-c2ccccc2)c1F. The van der Waals surface area contributed by atoms with Gasteiger partial charge in [-0.2, -0.15) is 0 Å². The first-order valence-corrected chi connectivity index (χ1v) is 13.5. The third kappa shape index (κ3) is 4.22. The summed E-state index contributed by atoms with van der Waals surface area (Å²) >= 11 is 0. The summed E-state index contributed by atoms with van der Waals surface area (Å²) in [5, 5.41) is 8.04. The summed E-state index contributed by atoms with van der Waals surface area (Å²) in [5.41, 5.74) is -1.75. The van der Waals surface area contributed by atoms with Crippen molar-refractivity contribution in [2.45, 2.75) is 61.7 Å². The van der Waals surface area contributed by atoms with Crippen molar-refractivity contribution in [2.75, 3.05) is 13.2 Å². The minimum Gasteiger partial charge on any atom is -0.378 e. The predicted molar refractivity (Wildman–Crippen MR) is 128 cm³/mol. The molecule has 1 aliphatic heterocycles. The fourth-order valence-corrected chi connectivity index (χ4v) is 6.83. The third-order valence-electron chi connectivity index (χ3n) is 7.80. The third-order valence-corrected chi connectivity index (χ3v) is 9.74. The Morgan fingerprint density at radius 1 is 1.14 bits per heavy atom. The molecule has 36 heavy (non-hydrogen) atoms. The molecule has 0 unspecified atom stereocenters. The van der Waals surface area contributed by atoms with Crippen molar-refractivity contribution >= 4 is 15.9 Å². The number of carbonyl (C=O) groups is 1. The lowest BCUT2D eigenvalue weighted by Crippen LogP contribution is -2.55. The number of hydrogen-bond acceptors (Lipinski definition) is 4. The number of halogens is 3. The minimum absolute atomic E-state index is 0.0686. The van der Waals surface area contributed by atoms with E-state index in [0.717, 1.165) is 6.92 Å². The summed E-state index contributed by atoms with van der Waals surface area (Å²) in [6.07, 6.45) is 0.836. The van der Waals surface area contributed by atoms with Crippen LogP contribution in [-0.2, 0) is 21.2 Å². The van der Waals surface area contributed by atoms with E-state index in [2.05, 4.69) is 4.72 Å². The van der Waals surface area contributed by atoms with E-state index in [0.29, 0.717) is 24.0 Å². The quantitative estimate of drug-likeness (QED) is 0.556. The second-order valence-corrected chi connectivity index (χ2v) is 12.6. The van der Waals surface area contributed by atoms with Crippen LogP contribution in [0.5, 0.6) is 0 Å². The monoisotopic (exact) mass is 522 g/mol. The Hall–Kier alpha value is -2.43. The molecule has 0 bridgehead atoms. The van der Waals surface area contributed by atoms with Crippen LogP contribution in [0, 0.1) is 11.2 Å². The topological polar surface area (TPSA) is 86.7 Å². The van der Waals surface area contributed by atoms with Crippen molar-refractivity contribution in [3.8, 4) is 11.1 Å². The summed E-state index contributed by atoms with van der Waals surface area (Å²) in [7, 11) is -4.36. The number of alkyl halides is 2. The van der Waals surface area contributed by atoms with Gasteiger partial charge in [0.2, 0.25) is 15.0 Å². The molecule has 1 saturated heterocycles. The van der Waals surface area contributed by atoms with Crippen LogP contribution >= 0.6 is 0 Å². The van der Waals surface area contributed by atoms with Gasteiger partial charge >= 0.3 is 0 Å². The van der Waals surface area contributed by atoms with Crippen LogP contribution in [0.1, 0.15) is 38.2 Å². The van der Waals surface area contributed by atoms with Gasteiger partial charge in [-0.15, -0.1) is 0 Å². The van der Waals surface area contributed by atoms with Crippen LogP contribution in [0.2, 0.25) is 0 Å². The normalized spacial score (nSPS) is 25.5. The molecule has 0 radical (unpaired) electrons. The molecule has 1 heterocycles. The molecule has 0 aromatic heterocycles. The molecular weight excluding hydrogens is 493 g/mol. The average molecular weight is 523 g/mol. The Morgan fingerprint density at radius 3 is 2.39 bits per heavy atom. The van der Waals surface area contributed by atoms with Gasteiger partial charge in [-0.05, 0) is 37.3 Å². The van der Waals surface area contributed by atoms with Gasteiger partial charge in [0.15, 0.2) is 5.60 Å². The maximum absolute atomic E-state index is 15.7. The van der Waals surface area contributed by atoms with Crippen LogP contribution in [-0.4, -0.2) is 60.2 Å². The van der Waals surface area contributed by atoms with Crippen LogP contribution in [0.3, 0.4) is 0 Å². The number of benzene rings is 2. The smallest absolute Gasteiger partial charge is 0.257 e. The molecule has 5 rings (SSSR count). The van der Waals surface area contributed by atoms with Crippen LogP contribution in [0.15, 0.2) is 48.5 Å². The highest BCUT2D eigenvalue weighted by Crippen LogP contribution is 2.57. The number of nitrogens with zero attached hydrogens (tertiary/aromatic N) is 1. The van der Waals surface area contributed by atoms with E-state index in [1.54, 1.807) is 42.5 Å². The summed E-state index contributed by atoms with van der Waals surface area (Å²) in [5.74, 6) is -1.42. The second-order valence-electron chi connectivity index (χ2n) is 10.6. The number of likely N-dealkylation sites (tertiary alicyclic amines) is 1. The van der Waals surface area contributed by atoms with E-state index in [9.17, 15) is 27.1 Å². The van der Waals surface area contributed by atoms with Gasteiger partial charge < -0.3 is 10.0 Å². The molecule has 1 spiro atoms. The van der Waals surface area contributed by atoms with Crippen molar-refractivity contribution in [2.24, 2.45) is 5.41 Å². The van der Waals surface area contributed by atoms with Crippen molar-refractivity contribution < 1.29 is 31.5 Å². The van der Waals surface area contributed by atoms with Crippen molar-refractivity contribution in [3.63, 3.8) is 0 Å². The van der Waals surface area contributed by atoms with Gasteiger partial charge in [0.1, 0.15) is 12.5 Å². The first-order chi connectivity index (χ1) is 16.9. The Bertz CT molecular complexity index is 1280. The molecule has 3 atom stereocenters. The lowest BCUT2D eigenvalue weighted by molar-refractivity contribution is -0.152. The zero-order chi connectivity index (χ0) is 25.9. The first-order valence-electron chi connectivity index (χ1n) is 12.1. The second kappa shape index (κ2) is 8.56. The van der Waals surface area contributed by atoms with Gasteiger partial charge in [-0.25, -0.2) is 26.3 Å². The van der Waals surface area contributed by atoms with Gasteiger partial charge in [-0.3, -0.25) is 4.79 Å². The molecular formula is C26H29F3N2O4S. The highest BCUT2D eigenvalue weighted by atomic mass is 32.2. The Labute approximate surface area is 208 Å². The molecule has 2 aromatic carbocycles. The van der Waals surface area contributed by atoms with Crippen molar-refractivity contribution in [3.05, 3.63) is 59.9 Å². The van der Waals surface area contributed by atoms with Crippen molar-refractivity contribution in [1.29, 1.82) is 0 Å². The fraction of sp³-hybridized carbons (Fsp3) is 0.500. The molecule has 2 aliphatic carbocycles. The lowest BCUT2D eigenvalue weighted by atomic mass is 9.91. The van der Waals surface area contributed by atoms with Gasteiger partial charge in [-0.1, -0.05) is 48.5 Å².